The third-order valence-electron chi connectivity index (χ3n) is 2.36. The second-order valence-corrected chi connectivity index (χ2v) is 5.74. The average molecular weight is 272 g/mol. The molecule has 0 aliphatic heterocycles. The fraction of sp³-hybridized carbons (Fsp3) is 0.500. The summed E-state index contributed by atoms with van der Waals surface area (Å²) in [4.78, 5) is 0. The summed E-state index contributed by atoms with van der Waals surface area (Å²) in [6.07, 6.45) is 0. The molecule has 0 aromatic heterocycles. The number of nitrogens with two attached hydrogens (primary N) is 1. The van der Waals surface area contributed by atoms with Gasteiger partial charge in [-0.15, -0.1) is 0 Å². The fourth-order valence-electron chi connectivity index (χ4n) is 1.72. The van der Waals surface area contributed by atoms with Crippen LogP contribution in [0.5, 0.6) is 0 Å². The van der Waals surface area contributed by atoms with Crippen molar-refractivity contribution in [3.05, 3.63) is 23.8 Å². The van der Waals surface area contributed by atoms with E-state index in [0.717, 1.165) is 5.56 Å². The van der Waals surface area contributed by atoms with Gasteiger partial charge < -0.3 is 20.1 Å². The molecular formula is C12H21N2O3P. The summed E-state index contributed by atoms with van der Waals surface area (Å²) < 4.78 is 23.4. The lowest BCUT2D eigenvalue weighted by molar-refractivity contribution is 0.229. The van der Waals surface area contributed by atoms with Crippen molar-refractivity contribution in [1.82, 2.24) is 5.32 Å². The van der Waals surface area contributed by atoms with Gasteiger partial charge in [0.1, 0.15) is 0 Å². The first-order valence-electron chi connectivity index (χ1n) is 6.00. The number of hydrogen-bond acceptors (Lipinski definition) is 5. The van der Waals surface area contributed by atoms with E-state index in [1.165, 1.54) is 0 Å². The molecule has 0 atom stereocenters. The van der Waals surface area contributed by atoms with E-state index in [0.29, 0.717) is 30.8 Å². The van der Waals surface area contributed by atoms with Gasteiger partial charge in [0.2, 0.25) is 0 Å². The van der Waals surface area contributed by atoms with E-state index in [1.807, 2.05) is 7.05 Å². The Hall–Kier alpha value is -0.870. The highest BCUT2D eigenvalue weighted by molar-refractivity contribution is 7.62. The molecule has 0 amide bonds. The highest BCUT2D eigenvalue weighted by Crippen LogP contribution is 2.47. The zero-order chi connectivity index (χ0) is 13.6. The molecule has 6 heteroatoms. The Morgan fingerprint density at radius 2 is 1.89 bits per heavy atom. The molecule has 0 unspecified atom stereocenters. The van der Waals surface area contributed by atoms with Gasteiger partial charge in [0, 0.05) is 12.2 Å². The first-order chi connectivity index (χ1) is 8.57. The van der Waals surface area contributed by atoms with Gasteiger partial charge in [-0.2, -0.15) is 0 Å². The number of nitrogen functional groups attached to an aromatic ring is 1. The van der Waals surface area contributed by atoms with Crippen LogP contribution in [0.25, 0.3) is 0 Å². The van der Waals surface area contributed by atoms with Crippen LogP contribution >= 0.6 is 7.60 Å². The standard InChI is InChI=1S/C12H21N2O3P/c1-4-16-18(15,17-5-2)12-7-6-11(13)8-10(12)9-14-3/h6-8,14H,4-5,9,13H2,1-3H3. The molecule has 18 heavy (non-hydrogen) atoms. The van der Waals surface area contributed by atoms with Crippen LogP contribution in [0.4, 0.5) is 5.69 Å². The van der Waals surface area contributed by atoms with E-state index < -0.39 is 7.60 Å². The van der Waals surface area contributed by atoms with E-state index in [-0.39, 0.29) is 0 Å². The molecule has 3 N–H and O–H groups in total. The second kappa shape index (κ2) is 6.90. The van der Waals surface area contributed by atoms with E-state index in [1.54, 1.807) is 32.0 Å². The molecule has 0 aliphatic rings. The number of anilines is 1. The van der Waals surface area contributed by atoms with E-state index >= 15 is 0 Å². The van der Waals surface area contributed by atoms with Gasteiger partial charge in [0.25, 0.3) is 0 Å². The van der Waals surface area contributed by atoms with Gasteiger partial charge >= 0.3 is 7.60 Å². The average Bonchev–Trinajstić information content (AvgIpc) is 2.30. The molecule has 1 aromatic carbocycles. The van der Waals surface area contributed by atoms with Gasteiger partial charge in [0.15, 0.2) is 0 Å². The predicted octanol–water partition coefficient (Wildman–Crippen LogP) is 1.88. The minimum absolute atomic E-state index is 0.334. The van der Waals surface area contributed by atoms with Crippen molar-refractivity contribution in [3.63, 3.8) is 0 Å². The summed E-state index contributed by atoms with van der Waals surface area (Å²) in [6, 6.07) is 5.21. The first-order valence-corrected chi connectivity index (χ1v) is 7.54. The molecule has 0 radical (unpaired) electrons. The number of hydrogen-bond donors (Lipinski definition) is 2. The van der Waals surface area contributed by atoms with Crippen LogP contribution in [0.2, 0.25) is 0 Å². The Labute approximate surface area is 108 Å². The fourth-order valence-corrected chi connectivity index (χ4v) is 3.51. The normalized spacial score (nSPS) is 11.7. The Morgan fingerprint density at radius 3 is 2.39 bits per heavy atom. The molecule has 5 nitrogen and oxygen atoms in total. The third-order valence-corrected chi connectivity index (χ3v) is 4.59. The van der Waals surface area contributed by atoms with Gasteiger partial charge in [-0.1, -0.05) is 0 Å². The van der Waals surface area contributed by atoms with E-state index in [9.17, 15) is 4.57 Å². The SMILES string of the molecule is CCOP(=O)(OCC)c1ccc(N)cc1CNC. The monoisotopic (exact) mass is 272 g/mol. The minimum Gasteiger partial charge on any atom is -0.399 e. The van der Waals surface area contributed by atoms with Crippen molar-refractivity contribution < 1.29 is 13.6 Å². The van der Waals surface area contributed by atoms with Crippen LogP contribution in [0.3, 0.4) is 0 Å². The first kappa shape index (κ1) is 15.2. The molecule has 0 fully saturated rings. The van der Waals surface area contributed by atoms with Crippen molar-refractivity contribution in [3.8, 4) is 0 Å². The number of rotatable bonds is 7. The molecule has 0 bridgehead atoms. The van der Waals surface area contributed by atoms with Crippen LogP contribution < -0.4 is 16.4 Å². The molecule has 1 aromatic rings. The minimum atomic E-state index is -3.25. The molecule has 0 saturated heterocycles. The predicted molar refractivity (Wildman–Crippen MR) is 74.1 cm³/mol. The maximum Gasteiger partial charge on any atom is 0.361 e. The van der Waals surface area contributed by atoms with Crippen LogP contribution in [-0.2, 0) is 20.2 Å². The zero-order valence-electron chi connectivity index (χ0n) is 11.1. The van der Waals surface area contributed by atoms with Gasteiger partial charge in [-0.05, 0) is 44.7 Å². The van der Waals surface area contributed by atoms with Crippen molar-refractivity contribution in [1.29, 1.82) is 0 Å². The van der Waals surface area contributed by atoms with Gasteiger partial charge in [-0.25, -0.2) is 0 Å². The molecule has 0 heterocycles. The Kier molecular flexibility index (Phi) is 5.82. The largest absolute Gasteiger partial charge is 0.399 e. The summed E-state index contributed by atoms with van der Waals surface area (Å²) in [5, 5.41) is 3.60. The van der Waals surface area contributed by atoms with Crippen LogP contribution in [0.15, 0.2) is 18.2 Å². The Balaban J connectivity index is 3.22. The highest BCUT2D eigenvalue weighted by atomic mass is 31.2. The summed E-state index contributed by atoms with van der Waals surface area (Å²) >= 11 is 0. The molecule has 0 aliphatic carbocycles. The summed E-state index contributed by atoms with van der Waals surface area (Å²) in [5.41, 5.74) is 7.21. The summed E-state index contributed by atoms with van der Waals surface area (Å²) in [7, 11) is -1.44. The van der Waals surface area contributed by atoms with Crippen molar-refractivity contribution >= 4 is 18.6 Å². The quantitative estimate of drug-likeness (QED) is 0.585. The lowest BCUT2D eigenvalue weighted by Gasteiger charge is -2.20. The molecule has 0 saturated carbocycles. The van der Waals surface area contributed by atoms with Crippen molar-refractivity contribution in [2.75, 3.05) is 26.0 Å². The Morgan fingerprint density at radius 1 is 1.28 bits per heavy atom. The molecule has 102 valence electrons. The van der Waals surface area contributed by atoms with E-state index in [2.05, 4.69) is 5.32 Å². The second-order valence-electron chi connectivity index (χ2n) is 3.75. The lowest BCUT2D eigenvalue weighted by atomic mass is 10.2. The lowest BCUT2D eigenvalue weighted by Crippen LogP contribution is -2.20. The third kappa shape index (κ3) is 3.56. The smallest absolute Gasteiger partial charge is 0.361 e. The van der Waals surface area contributed by atoms with Crippen molar-refractivity contribution in [2.24, 2.45) is 0 Å². The Bertz CT molecular complexity index is 427. The van der Waals surface area contributed by atoms with Crippen molar-refractivity contribution in [2.45, 2.75) is 20.4 Å². The van der Waals surface area contributed by atoms with Gasteiger partial charge in [-0.3, -0.25) is 4.57 Å². The topological polar surface area (TPSA) is 73.6 Å². The van der Waals surface area contributed by atoms with E-state index in [4.69, 9.17) is 14.8 Å². The van der Waals surface area contributed by atoms with Crippen LogP contribution in [0.1, 0.15) is 19.4 Å². The maximum absolute atomic E-state index is 12.7. The maximum atomic E-state index is 12.7. The van der Waals surface area contributed by atoms with Gasteiger partial charge in [0.05, 0.1) is 18.5 Å². The number of nitrogens with one attached hydrogen (secondary N) is 1. The van der Waals surface area contributed by atoms with Crippen LogP contribution in [0, 0.1) is 0 Å². The molecular weight excluding hydrogens is 251 g/mol. The summed E-state index contributed by atoms with van der Waals surface area (Å²) in [5.74, 6) is 0. The zero-order valence-corrected chi connectivity index (χ0v) is 12.0. The molecule has 1 rings (SSSR count). The highest BCUT2D eigenvalue weighted by Gasteiger charge is 2.29. The summed E-state index contributed by atoms with van der Waals surface area (Å²) in [6.45, 7) is 4.81. The van der Waals surface area contributed by atoms with Crippen LogP contribution in [-0.4, -0.2) is 20.3 Å². The molecule has 0 spiro atoms. The number of benzene rings is 1.